The van der Waals surface area contributed by atoms with Crippen LogP contribution in [-0.2, 0) is 4.79 Å². The van der Waals surface area contributed by atoms with Crippen molar-refractivity contribution in [3.8, 4) is 0 Å². The first-order valence-electron chi connectivity index (χ1n) is 4.03. The Morgan fingerprint density at radius 2 is 2.08 bits per heavy atom. The van der Waals surface area contributed by atoms with Crippen molar-refractivity contribution in [2.45, 2.75) is 25.1 Å². The van der Waals surface area contributed by atoms with Crippen LogP contribution >= 0.6 is 0 Å². The molecular weight excluding hydrogens is 185 g/mol. The molecule has 1 fully saturated rings. The second-order valence-corrected chi connectivity index (χ2v) is 3.15. The third-order valence-electron chi connectivity index (χ3n) is 1.99. The van der Waals surface area contributed by atoms with Crippen LogP contribution in [-0.4, -0.2) is 36.1 Å². The summed E-state index contributed by atoms with van der Waals surface area (Å²) < 4.78 is 35.8. The van der Waals surface area contributed by atoms with Crippen LogP contribution in [0.2, 0.25) is 0 Å². The maximum Gasteiger partial charge on any atom is 0.471 e. The standard InChI is InChI=1S/C7H11F3N2O/c8-7(9,10)6(13)12-3-1-2-5(11)4-12/h5H,1-4,11H2. The number of alkyl halides is 3. The van der Waals surface area contributed by atoms with Crippen molar-refractivity contribution in [3.05, 3.63) is 0 Å². The zero-order chi connectivity index (χ0) is 10.1. The molecule has 1 saturated heterocycles. The maximum atomic E-state index is 11.9. The summed E-state index contributed by atoms with van der Waals surface area (Å²) in [6, 6.07) is -0.319. The molecule has 76 valence electrons. The van der Waals surface area contributed by atoms with Gasteiger partial charge >= 0.3 is 12.1 Å². The molecule has 2 N–H and O–H groups in total. The summed E-state index contributed by atoms with van der Waals surface area (Å²) in [6.07, 6.45) is -3.54. The maximum absolute atomic E-state index is 11.9. The van der Waals surface area contributed by atoms with Gasteiger partial charge in [-0.25, -0.2) is 0 Å². The lowest BCUT2D eigenvalue weighted by atomic mass is 10.1. The molecule has 3 nitrogen and oxygen atoms in total. The minimum atomic E-state index is -4.77. The van der Waals surface area contributed by atoms with Crippen LogP contribution in [0.4, 0.5) is 13.2 Å². The number of carbonyl (C=O) groups is 1. The molecule has 13 heavy (non-hydrogen) atoms. The van der Waals surface area contributed by atoms with E-state index in [0.29, 0.717) is 12.8 Å². The third kappa shape index (κ3) is 2.58. The molecule has 0 bridgehead atoms. The molecule has 1 amide bonds. The molecule has 1 unspecified atom stereocenters. The highest BCUT2D eigenvalue weighted by Crippen LogP contribution is 2.20. The number of amides is 1. The number of rotatable bonds is 0. The van der Waals surface area contributed by atoms with Crippen LogP contribution in [0.1, 0.15) is 12.8 Å². The van der Waals surface area contributed by atoms with E-state index in [-0.39, 0.29) is 19.1 Å². The molecule has 0 aromatic carbocycles. The molecule has 1 rings (SSSR count). The van der Waals surface area contributed by atoms with Crippen LogP contribution in [0.5, 0.6) is 0 Å². The molecule has 1 atom stereocenters. The summed E-state index contributed by atoms with van der Waals surface area (Å²) in [5, 5.41) is 0. The second kappa shape index (κ2) is 3.53. The fourth-order valence-electron chi connectivity index (χ4n) is 1.37. The quantitative estimate of drug-likeness (QED) is 0.613. The van der Waals surface area contributed by atoms with Crippen LogP contribution in [0.3, 0.4) is 0 Å². The van der Waals surface area contributed by atoms with Gasteiger partial charge in [0.15, 0.2) is 0 Å². The van der Waals surface area contributed by atoms with Gasteiger partial charge in [-0.3, -0.25) is 4.79 Å². The highest BCUT2D eigenvalue weighted by atomic mass is 19.4. The van der Waals surface area contributed by atoms with Crippen LogP contribution in [0, 0.1) is 0 Å². The fourth-order valence-corrected chi connectivity index (χ4v) is 1.37. The van der Waals surface area contributed by atoms with Gasteiger partial charge in [0, 0.05) is 19.1 Å². The molecule has 1 aliphatic rings. The molecule has 0 aliphatic carbocycles. The lowest BCUT2D eigenvalue weighted by molar-refractivity contribution is -0.186. The molecule has 0 saturated carbocycles. The average molecular weight is 196 g/mol. The highest BCUT2D eigenvalue weighted by Gasteiger charge is 2.43. The highest BCUT2D eigenvalue weighted by molar-refractivity contribution is 5.81. The van der Waals surface area contributed by atoms with Gasteiger partial charge in [-0.05, 0) is 12.8 Å². The summed E-state index contributed by atoms with van der Waals surface area (Å²) in [6.45, 7) is 0.171. The summed E-state index contributed by atoms with van der Waals surface area (Å²) in [4.78, 5) is 11.5. The van der Waals surface area contributed by atoms with Gasteiger partial charge < -0.3 is 10.6 Å². The summed E-state index contributed by atoms with van der Waals surface area (Å²) >= 11 is 0. The molecule has 0 aromatic rings. The number of nitrogens with two attached hydrogens (primary N) is 1. The van der Waals surface area contributed by atoms with Crippen LogP contribution in [0.25, 0.3) is 0 Å². The van der Waals surface area contributed by atoms with Crippen molar-refractivity contribution in [2.75, 3.05) is 13.1 Å². The van der Waals surface area contributed by atoms with E-state index in [1.807, 2.05) is 0 Å². The van der Waals surface area contributed by atoms with Gasteiger partial charge in [-0.15, -0.1) is 0 Å². The zero-order valence-corrected chi connectivity index (χ0v) is 6.97. The zero-order valence-electron chi connectivity index (χ0n) is 6.97. The van der Waals surface area contributed by atoms with Gasteiger partial charge in [0.25, 0.3) is 0 Å². The number of piperidine rings is 1. The van der Waals surface area contributed by atoms with Gasteiger partial charge in [-0.2, -0.15) is 13.2 Å². The van der Waals surface area contributed by atoms with Crippen molar-refractivity contribution in [2.24, 2.45) is 5.73 Å². The minimum absolute atomic E-state index is 0.0122. The van der Waals surface area contributed by atoms with Gasteiger partial charge in [0.05, 0.1) is 0 Å². The largest absolute Gasteiger partial charge is 0.471 e. The molecule has 0 aromatic heterocycles. The monoisotopic (exact) mass is 196 g/mol. The number of likely N-dealkylation sites (tertiary alicyclic amines) is 1. The van der Waals surface area contributed by atoms with E-state index in [4.69, 9.17) is 5.73 Å². The van der Waals surface area contributed by atoms with Gasteiger partial charge in [0.1, 0.15) is 0 Å². The van der Waals surface area contributed by atoms with Crippen LogP contribution in [0.15, 0.2) is 0 Å². The molecule has 6 heteroatoms. The van der Waals surface area contributed by atoms with Gasteiger partial charge in [0.2, 0.25) is 0 Å². The number of hydrogen-bond donors (Lipinski definition) is 1. The first kappa shape index (κ1) is 10.3. The van der Waals surface area contributed by atoms with Crippen LogP contribution < -0.4 is 5.73 Å². The van der Waals surface area contributed by atoms with Crippen molar-refractivity contribution in [1.29, 1.82) is 0 Å². The Morgan fingerprint density at radius 1 is 1.46 bits per heavy atom. The van der Waals surface area contributed by atoms with E-state index >= 15 is 0 Å². The number of carbonyl (C=O) groups excluding carboxylic acids is 1. The predicted molar refractivity (Wildman–Crippen MR) is 39.8 cm³/mol. The fraction of sp³-hybridized carbons (Fsp3) is 0.857. The molecule has 0 spiro atoms. The van der Waals surface area contributed by atoms with E-state index in [0.717, 1.165) is 4.90 Å². The van der Waals surface area contributed by atoms with Crippen molar-refractivity contribution < 1.29 is 18.0 Å². The Labute approximate surface area is 73.7 Å². The van der Waals surface area contributed by atoms with Gasteiger partial charge in [-0.1, -0.05) is 0 Å². The second-order valence-electron chi connectivity index (χ2n) is 3.15. The van der Waals surface area contributed by atoms with E-state index in [1.54, 1.807) is 0 Å². The molecular formula is C7H11F3N2O. The third-order valence-corrected chi connectivity index (χ3v) is 1.99. The Kier molecular flexibility index (Phi) is 2.80. The Bertz CT molecular complexity index is 204. The first-order valence-corrected chi connectivity index (χ1v) is 4.03. The lowest BCUT2D eigenvalue weighted by Gasteiger charge is -2.31. The number of hydrogen-bond acceptors (Lipinski definition) is 2. The lowest BCUT2D eigenvalue weighted by Crippen LogP contribution is -2.50. The SMILES string of the molecule is NC1CCCN(C(=O)C(F)(F)F)C1. The van der Waals surface area contributed by atoms with Crippen molar-refractivity contribution >= 4 is 5.91 Å². The number of nitrogens with zero attached hydrogens (tertiary/aromatic N) is 1. The summed E-state index contributed by atoms with van der Waals surface area (Å²) in [5.41, 5.74) is 5.44. The van der Waals surface area contributed by atoms with E-state index in [1.165, 1.54) is 0 Å². The average Bonchev–Trinajstić information content (AvgIpc) is 2.01. The Morgan fingerprint density at radius 3 is 2.54 bits per heavy atom. The van der Waals surface area contributed by atoms with E-state index in [2.05, 4.69) is 0 Å². The first-order chi connectivity index (χ1) is 5.91. The summed E-state index contributed by atoms with van der Waals surface area (Å²) in [7, 11) is 0. The topological polar surface area (TPSA) is 46.3 Å². The molecule has 0 radical (unpaired) electrons. The predicted octanol–water partition coefficient (Wildman–Crippen LogP) is 0.498. The number of halogens is 3. The Balaban J connectivity index is 2.56. The molecule has 1 aliphatic heterocycles. The minimum Gasteiger partial charge on any atom is -0.333 e. The molecule has 1 heterocycles. The Hall–Kier alpha value is -0.780. The normalized spacial score (nSPS) is 24.6. The van der Waals surface area contributed by atoms with E-state index < -0.39 is 12.1 Å². The van der Waals surface area contributed by atoms with Crippen molar-refractivity contribution in [1.82, 2.24) is 4.90 Å². The van der Waals surface area contributed by atoms with Crippen molar-refractivity contribution in [3.63, 3.8) is 0 Å². The smallest absolute Gasteiger partial charge is 0.333 e. The van der Waals surface area contributed by atoms with E-state index in [9.17, 15) is 18.0 Å². The summed E-state index contributed by atoms with van der Waals surface area (Å²) in [5.74, 6) is -1.78.